The van der Waals surface area contributed by atoms with Crippen LogP contribution in [-0.2, 0) is 9.59 Å². The predicted octanol–water partition coefficient (Wildman–Crippen LogP) is 0.545. The second kappa shape index (κ2) is 4.32. The van der Waals surface area contributed by atoms with Gasteiger partial charge >= 0.3 is 0 Å². The molecule has 0 aliphatic carbocycles. The number of hydrogen-bond acceptors (Lipinski definition) is 4. The molecule has 1 fully saturated rings. The summed E-state index contributed by atoms with van der Waals surface area (Å²) in [6, 6.07) is 6.33. The van der Waals surface area contributed by atoms with E-state index < -0.39 is 0 Å². The second-order valence-electron chi connectivity index (χ2n) is 3.55. The van der Waals surface area contributed by atoms with Crippen molar-refractivity contribution in [3.8, 4) is 5.75 Å². The fourth-order valence-electron chi connectivity index (χ4n) is 1.75. The van der Waals surface area contributed by atoms with Crippen LogP contribution in [-0.4, -0.2) is 35.4 Å². The van der Waals surface area contributed by atoms with Gasteiger partial charge in [0, 0.05) is 13.0 Å². The van der Waals surface area contributed by atoms with E-state index in [1.54, 1.807) is 17.1 Å². The highest BCUT2D eigenvalue weighted by Crippen LogP contribution is 2.24. The number of phenolic OH excluding ortho intramolecular Hbond substituents is 1. The Kier molecular flexibility index (Phi) is 2.87. The van der Waals surface area contributed by atoms with E-state index in [0.29, 0.717) is 18.7 Å². The molecule has 1 aromatic carbocycles. The molecule has 0 aromatic heterocycles. The maximum atomic E-state index is 11.7. The molecular weight excluding hydrogens is 208 g/mol. The minimum Gasteiger partial charge on any atom is -0.508 e. The summed E-state index contributed by atoms with van der Waals surface area (Å²) < 4.78 is 0. The van der Waals surface area contributed by atoms with E-state index in [1.165, 1.54) is 17.1 Å². The highest BCUT2D eigenvalue weighted by atomic mass is 16.3. The first-order valence-electron chi connectivity index (χ1n) is 5.03. The highest BCUT2D eigenvalue weighted by Gasteiger charge is 2.29. The van der Waals surface area contributed by atoms with Gasteiger partial charge < -0.3 is 9.90 Å². The number of carbonyl (C=O) groups is 2. The zero-order chi connectivity index (χ0) is 11.5. The summed E-state index contributed by atoms with van der Waals surface area (Å²) >= 11 is 0. The van der Waals surface area contributed by atoms with Gasteiger partial charge in [-0.15, -0.1) is 0 Å². The molecule has 5 nitrogen and oxygen atoms in total. The van der Waals surface area contributed by atoms with Crippen LogP contribution in [0.3, 0.4) is 0 Å². The molecule has 0 atom stereocenters. The number of anilines is 1. The lowest BCUT2D eigenvalue weighted by molar-refractivity contribution is -0.118. The Hall–Kier alpha value is -1.88. The van der Waals surface area contributed by atoms with Crippen LogP contribution in [0.1, 0.15) is 6.42 Å². The molecule has 0 unspecified atom stereocenters. The van der Waals surface area contributed by atoms with Gasteiger partial charge in [-0.05, 0) is 24.3 Å². The Balaban J connectivity index is 2.26. The molecule has 0 bridgehead atoms. The molecule has 1 N–H and O–H groups in total. The van der Waals surface area contributed by atoms with Crippen LogP contribution in [0.2, 0.25) is 0 Å². The van der Waals surface area contributed by atoms with Crippen molar-refractivity contribution < 1.29 is 14.7 Å². The van der Waals surface area contributed by atoms with Crippen LogP contribution in [0.5, 0.6) is 5.75 Å². The van der Waals surface area contributed by atoms with Crippen molar-refractivity contribution in [2.75, 3.05) is 18.1 Å². The molecule has 84 valence electrons. The zero-order valence-corrected chi connectivity index (χ0v) is 8.67. The number of rotatable bonds is 3. The number of hydrogen-bond donors (Lipinski definition) is 1. The van der Waals surface area contributed by atoms with Gasteiger partial charge in [0.05, 0.1) is 12.2 Å². The van der Waals surface area contributed by atoms with Crippen molar-refractivity contribution in [3.05, 3.63) is 24.3 Å². The first-order valence-corrected chi connectivity index (χ1v) is 5.03. The summed E-state index contributed by atoms with van der Waals surface area (Å²) in [5, 5.41) is 12.3. The number of aromatic hydroxyl groups is 1. The Morgan fingerprint density at radius 3 is 2.62 bits per heavy atom. The van der Waals surface area contributed by atoms with E-state index in [2.05, 4.69) is 0 Å². The smallest absolute Gasteiger partial charge is 0.242 e. The fraction of sp³-hybridized carbons (Fsp3) is 0.273. The Morgan fingerprint density at radius 1 is 1.31 bits per heavy atom. The van der Waals surface area contributed by atoms with Crippen LogP contribution in [0, 0.1) is 0 Å². The van der Waals surface area contributed by atoms with E-state index in [-0.39, 0.29) is 18.2 Å². The van der Waals surface area contributed by atoms with Gasteiger partial charge in [0.15, 0.2) is 0 Å². The number of nitrogens with zero attached hydrogens (tertiary/aromatic N) is 2. The largest absolute Gasteiger partial charge is 0.508 e. The molecule has 0 radical (unpaired) electrons. The van der Waals surface area contributed by atoms with Crippen molar-refractivity contribution >= 4 is 17.9 Å². The molecule has 1 heterocycles. The molecule has 1 amide bonds. The van der Waals surface area contributed by atoms with Crippen LogP contribution < -0.4 is 5.01 Å². The quantitative estimate of drug-likeness (QED) is 0.755. The summed E-state index contributed by atoms with van der Waals surface area (Å²) in [4.78, 5) is 22.1. The van der Waals surface area contributed by atoms with Gasteiger partial charge in [0.1, 0.15) is 12.0 Å². The zero-order valence-electron chi connectivity index (χ0n) is 8.67. The summed E-state index contributed by atoms with van der Waals surface area (Å²) in [7, 11) is 0. The van der Waals surface area contributed by atoms with Crippen molar-refractivity contribution in [1.29, 1.82) is 0 Å². The minimum absolute atomic E-state index is 0.0347. The van der Waals surface area contributed by atoms with Gasteiger partial charge in [-0.2, -0.15) is 0 Å². The molecule has 0 spiro atoms. The predicted molar refractivity (Wildman–Crippen MR) is 57.8 cm³/mol. The Bertz CT molecular complexity index is 402. The van der Waals surface area contributed by atoms with Gasteiger partial charge in [-0.1, -0.05) is 0 Å². The average molecular weight is 220 g/mol. The number of phenols is 1. The average Bonchev–Trinajstić information content (AvgIpc) is 2.62. The molecule has 1 aromatic rings. The summed E-state index contributed by atoms with van der Waals surface area (Å²) in [5.74, 6) is 0.116. The van der Waals surface area contributed by atoms with Crippen molar-refractivity contribution in [3.63, 3.8) is 0 Å². The summed E-state index contributed by atoms with van der Waals surface area (Å²) in [6.45, 7) is 0.755. The lowest BCUT2D eigenvalue weighted by Gasteiger charge is -2.26. The first-order chi connectivity index (χ1) is 7.72. The molecule has 1 saturated heterocycles. The van der Waals surface area contributed by atoms with Crippen LogP contribution in [0.25, 0.3) is 0 Å². The van der Waals surface area contributed by atoms with E-state index in [4.69, 9.17) is 5.11 Å². The number of amides is 1. The maximum absolute atomic E-state index is 11.7. The Morgan fingerprint density at radius 2 is 2.00 bits per heavy atom. The van der Waals surface area contributed by atoms with Crippen LogP contribution >= 0.6 is 0 Å². The third-order valence-electron chi connectivity index (χ3n) is 2.48. The molecule has 1 aliphatic rings. The number of aldehydes is 1. The minimum atomic E-state index is -0.0347. The number of hydrazine groups is 1. The van der Waals surface area contributed by atoms with Crippen molar-refractivity contribution in [2.24, 2.45) is 0 Å². The molecule has 5 heteroatoms. The SMILES string of the molecule is O=CCN1CCC(=O)N1c1ccc(O)cc1. The Labute approximate surface area is 92.9 Å². The van der Waals surface area contributed by atoms with Crippen molar-refractivity contribution in [1.82, 2.24) is 5.01 Å². The van der Waals surface area contributed by atoms with Gasteiger partial charge in [0.25, 0.3) is 0 Å². The molecule has 2 rings (SSSR count). The molecule has 0 saturated carbocycles. The van der Waals surface area contributed by atoms with E-state index in [1.807, 2.05) is 0 Å². The third kappa shape index (κ3) is 1.90. The molecule has 1 aliphatic heterocycles. The molecular formula is C11H12N2O3. The number of benzene rings is 1. The van der Waals surface area contributed by atoms with E-state index in [9.17, 15) is 9.59 Å². The standard InChI is InChI=1S/C11H12N2O3/c14-8-7-12-6-5-11(16)13(12)9-1-3-10(15)4-2-9/h1-4,8,15H,5-7H2. The van der Waals surface area contributed by atoms with Gasteiger partial charge in [-0.3, -0.25) is 4.79 Å². The van der Waals surface area contributed by atoms with Gasteiger partial charge in [0.2, 0.25) is 5.91 Å². The monoisotopic (exact) mass is 220 g/mol. The van der Waals surface area contributed by atoms with Crippen LogP contribution in [0.15, 0.2) is 24.3 Å². The highest BCUT2D eigenvalue weighted by molar-refractivity contribution is 5.94. The summed E-state index contributed by atoms with van der Waals surface area (Å²) in [5.41, 5.74) is 0.669. The van der Waals surface area contributed by atoms with E-state index >= 15 is 0 Å². The van der Waals surface area contributed by atoms with Crippen LogP contribution in [0.4, 0.5) is 5.69 Å². The van der Waals surface area contributed by atoms with Crippen molar-refractivity contribution in [2.45, 2.75) is 6.42 Å². The maximum Gasteiger partial charge on any atom is 0.242 e. The third-order valence-corrected chi connectivity index (χ3v) is 2.48. The normalized spacial score (nSPS) is 16.8. The fourth-order valence-corrected chi connectivity index (χ4v) is 1.75. The topological polar surface area (TPSA) is 60.9 Å². The first kappa shape index (κ1) is 10.6. The number of carbonyl (C=O) groups excluding carboxylic acids is 2. The van der Waals surface area contributed by atoms with E-state index in [0.717, 1.165) is 6.29 Å². The summed E-state index contributed by atoms with van der Waals surface area (Å²) in [6.07, 6.45) is 1.18. The lowest BCUT2D eigenvalue weighted by atomic mass is 10.3. The molecule has 16 heavy (non-hydrogen) atoms. The second-order valence-corrected chi connectivity index (χ2v) is 3.55. The lowest BCUT2D eigenvalue weighted by Crippen LogP contribution is -2.40. The van der Waals surface area contributed by atoms with Gasteiger partial charge in [-0.25, -0.2) is 10.0 Å².